The molecule has 0 fully saturated rings. The zero-order valence-electron chi connectivity index (χ0n) is 16.3. The number of benzene rings is 3. The lowest BCUT2D eigenvalue weighted by atomic mass is 10.2. The number of carbonyl (C=O) groups is 3. The van der Waals surface area contributed by atoms with Gasteiger partial charge >= 0.3 is 5.97 Å². The van der Waals surface area contributed by atoms with Crippen molar-refractivity contribution >= 4 is 29.2 Å². The Hall–Kier alpha value is -4.13. The first-order valence-corrected chi connectivity index (χ1v) is 9.17. The van der Waals surface area contributed by atoms with Gasteiger partial charge in [-0.15, -0.1) is 0 Å². The number of ether oxygens (including phenoxy) is 2. The Balaban J connectivity index is 1.54. The SMILES string of the molecule is CC(=O)Nc1cccc(NC(=O)COC(=O)c2cccc(Oc3ccccc3)c2)c1. The van der Waals surface area contributed by atoms with Crippen molar-refractivity contribution in [3.8, 4) is 11.5 Å². The third kappa shape index (κ3) is 6.20. The third-order valence-corrected chi connectivity index (χ3v) is 3.85. The molecule has 3 aromatic carbocycles. The minimum Gasteiger partial charge on any atom is -0.457 e. The molecule has 7 nitrogen and oxygen atoms in total. The molecule has 0 spiro atoms. The van der Waals surface area contributed by atoms with Crippen molar-refractivity contribution in [2.24, 2.45) is 0 Å². The zero-order valence-corrected chi connectivity index (χ0v) is 16.3. The topological polar surface area (TPSA) is 93.7 Å². The molecule has 7 heteroatoms. The fraction of sp³-hybridized carbons (Fsp3) is 0.0870. The van der Waals surface area contributed by atoms with Crippen molar-refractivity contribution in [1.82, 2.24) is 0 Å². The molecule has 0 aliphatic rings. The Kier molecular flexibility index (Phi) is 6.78. The molecule has 3 rings (SSSR count). The number of amides is 2. The molecule has 0 heterocycles. The van der Waals surface area contributed by atoms with Crippen molar-refractivity contribution in [3.63, 3.8) is 0 Å². The highest BCUT2D eigenvalue weighted by Crippen LogP contribution is 2.22. The van der Waals surface area contributed by atoms with Gasteiger partial charge in [0.2, 0.25) is 5.91 Å². The molecule has 2 amide bonds. The standard InChI is InChI=1S/C23H20N2O5/c1-16(26)24-18-8-6-9-19(14-18)25-22(27)15-29-23(28)17-7-5-12-21(13-17)30-20-10-3-2-4-11-20/h2-14H,15H2,1H3,(H,24,26)(H,25,27). The highest BCUT2D eigenvalue weighted by Gasteiger charge is 2.12. The molecular formula is C23H20N2O5. The summed E-state index contributed by atoms with van der Waals surface area (Å²) in [6.07, 6.45) is 0. The maximum absolute atomic E-state index is 12.3. The van der Waals surface area contributed by atoms with Crippen LogP contribution in [0.1, 0.15) is 17.3 Å². The molecule has 0 bridgehead atoms. The van der Waals surface area contributed by atoms with Gasteiger partial charge in [-0.25, -0.2) is 4.79 Å². The second-order valence-corrected chi connectivity index (χ2v) is 6.33. The van der Waals surface area contributed by atoms with E-state index in [1.165, 1.54) is 6.92 Å². The summed E-state index contributed by atoms with van der Waals surface area (Å²) in [5.74, 6) is -0.236. The summed E-state index contributed by atoms with van der Waals surface area (Å²) >= 11 is 0. The Bertz CT molecular complexity index is 1050. The summed E-state index contributed by atoms with van der Waals surface area (Å²) in [6.45, 7) is 0.942. The Morgan fingerprint density at radius 1 is 0.767 bits per heavy atom. The summed E-state index contributed by atoms with van der Waals surface area (Å²) in [5.41, 5.74) is 1.29. The molecule has 0 aliphatic heterocycles. The Labute approximate surface area is 173 Å². The number of hydrogen-bond acceptors (Lipinski definition) is 5. The molecule has 0 unspecified atom stereocenters. The van der Waals surface area contributed by atoms with Crippen molar-refractivity contribution in [3.05, 3.63) is 84.4 Å². The minimum atomic E-state index is -0.643. The third-order valence-electron chi connectivity index (χ3n) is 3.85. The fourth-order valence-electron chi connectivity index (χ4n) is 2.60. The molecule has 152 valence electrons. The van der Waals surface area contributed by atoms with E-state index >= 15 is 0 Å². The maximum atomic E-state index is 12.3. The van der Waals surface area contributed by atoms with Crippen LogP contribution in [0.3, 0.4) is 0 Å². The fourth-order valence-corrected chi connectivity index (χ4v) is 2.60. The van der Waals surface area contributed by atoms with E-state index in [-0.39, 0.29) is 11.5 Å². The first-order valence-electron chi connectivity index (χ1n) is 9.17. The highest BCUT2D eigenvalue weighted by atomic mass is 16.5. The van der Waals surface area contributed by atoms with E-state index in [4.69, 9.17) is 9.47 Å². The van der Waals surface area contributed by atoms with Crippen LogP contribution in [0.25, 0.3) is 0 Å². The summed E-state index contributed by atoms with van der Waals surface area (Å²) in [4.78, 5) is 35.5. The first kappa shape index (κ1) is 20.6. The first-order chi connectivity index (χ1) is 14.5. The summed E-state index contributed by atoms with van der Waals surface area (Å²) in [6, 6.07) is 22.3. The number of para-hydroxylation sites is 1. The monoisotopic (exact) mass is 404 g/mol. The normalized spacial score (nSPS) is 10.0. The van der Waals surface area contributed by atoms with E-state index in [9.17, 15) is 14.4 Å². The molecule has 0 saturated heterocycles. The number of anilines is 2. The number of hydrogen-bond donors (Lipinski definition) is 2. The van der Waals surface area contributed by atoms with Crippen LogP contribution in [0, 0.1) is 0 Å². The molecule has 2 N–H and O–H groups in total. The average molecular weight is 404 g/mol. The van der Waals surface area contributed by atoms with Gasteiger partial charge in [0, 0.05) is 18.3 Å². The number of rotatable bonds is 7. The van der Waals surface area contributed by atoms with Crippen LogP contribution < -0.4 is 15.4 Å². The quantitative estimate of drug-likeness (QED) is 0.575. The summed E-state index contributed by atoms with van der Waals surface area (Å²) < 4.78 is 10.8. The molecule has 0 radical (unpaired) electrons. The molecule has 3 aromatic rings. The molecule has 0 saturated carbocycles. The Morgan fingerprint density at radius 2 is 1.43 bits per heavy atom. The van der Waals surface area contributed by atoms with Crippen LogP contribution in [0.2, 0.25) is 0 Å². The van der Waals surface area contributed by atoms with Crippen LogP contribution in [0.5, 0.6) is 11.5 Å². The predicted octanol–water partition coefficient (Wildman–Crippen LogP) is 4.23. The van der Waals surface area contributed by atoms with E-state index in [2.05, 4.69) is 10.6 Å². The second kappa shape index (κ2) is 9.88. The molecule has 0 aliphatic carbocycles. The minimum absolute atomic E-state index is 0.217. The number of esters is 1. The lowest BCUT2D eigenvalue weighted by molar-refractivity contribution is -0.119. The van der Waals surface area contributed by atoms with Gasteiger partial charge < -0.3 is 20.1 Å². The lowest BCUT2D eigenvalue weighted by Crippen LogP contribution is -2.21. The number of nitrogens with one attached hydrogen (secondary N) is 2. The van der Waals surface area contributed by atoms with Crippen LogP contribution in [0.4, 0.5) is 11.4 Å². The molecule has 0 atom stereocenters. The molecule has 30 heavy (non-hydrogen) atoms. The molecular weight excluding hydrogens is 384 g/mol. The van der Waals surface area contributed by atoms with Gasteiger partial charge in [-0.3, -0.25) is 9.59 Å². The van der Waals surface area contributed by atoms with E-state index in [1.54, 1.807) is 60.7 Å². The van der Waals surface area contributed by atoms with E-state index in [0.717, 1.165) is 0 Å². The highest BCUT2D eigenvalue weighted by molar-refractivity contribution is 5.96. The summed E-state index contributed by atoms with van der Waals surface area (Å²) in [5, 5.41) is 5.24. The van der Waals surface area contributed by atoms with Gasteiger partial charge in [0.15, 0.2) is 6.61 Å². The van der Waals surface area contributed by atoms with Gasteiger partial charge in [0.1, 0.15) is 11.5 Å². The van der Waals surface area contributed by atoms with E-state index < -0.39 is 18.5 Å². The largest absolute Gasteiger partial charge is 0.457 e. The van der Waals surface area contributed by atoms with E-state index in [0.29, 0.717) is 22.9 Å². The van der Waals surface area contributed by atoms with Gasteiger partial charge in [-0.05, 0) is 48.5 Å². The zero-order chi connectivity index (χ0) is 21.3. The van der Waals surface area contributed by atoms with Crippen molar-refractivity contribution in [1.29, 1.82) is 0 Å². The Morgan fingerprint density at radius 3 is 2.17 bits per heavy atom. The van der Waals surface area contributed by atoms with Crippen molar-refractivity contribution in [2.75, 3.05) is 17.2 Å². The maximum Gasteiger partial charge on any atom is 0.338 e. The van der Waals surface area contributed by atoms with Gasteiger partial charge in [0.05, 0.1) is 5.56 Å². The predicted molar refractivity (Wildman–Crippen MR) is 113 cm³/mol. The average Bonchev–Trinajstić information content (AvgIpc) is 2.73. The van der Waals surface area contributed by atoms with Crippen LogP contribution in [-0.2, 0) is 14.3 Å². The van der Waals surface area contributed by atoms with Crippen LogP contribution in [0.15, 0.2) is 78.9 Å². The number of carbonyl (C=O) groups excluding carboxylic acids is 3. The van der Waals surface area contributed by atoms with Crippen LogP contribution >= 0.6 is 0 Å². The van der Waals surface area contributed by atoms with Crippen molar-refractivity contribution in [2.45, 2.75) is 6.92 Å². The van der Waals surface area contributed by atoms with Gasteiger partial charge in [0.25, 0.3) is 5.91 Å². The molecule has 0 aromatic heterocycles. The lowest BCUT2D eigenvalue weighted by Gasteiger charge is -2.09. The summed E-state index contributed by atoms with van der Waals surface area (Å²) in [7, 11) is 0. The smallest absolute Gasteiger partial charge is 0.338 e. The van der Waals surface area contributed by atoms with Crippen molar-refractivity contribution < 1.29 is 23.9 Å². The second-order valence-electron chi connectivity index (χ2n) is 6.33. The van der Waals surface area contributed by atoms with E-state index in [1.807, 2.05) is 18.2 Å². The van der Waals surface area contributed by atoms with Crippen LogP contribution in [-0.4, -0.2) is 24.4 Å². The van der Waals surface area contributed by atoms with Gasteiger partial charge in [-0.1, -0.05) is 30.3 Å². The van der Waals surface area contributed by atoms with Gasteiger partial charge in [-0.2, -0.15) is 0 Å².